The summed E-state index contributed by atoms with van der Waals surface area (Å²) in [6.07, 6.45) is 1.05. The molecule has 0 spiro atoms. The molecule has 0 amide bonds. The van der Waals surface area contributed by atoms with Gasteiger partial charge in [0.2, 0.25) is 0 Å². The molecule has 0 fully saturated rings. The van der Waals surface area contributed by atoms with Gasteiger partial charge in [-0.15, -0.1) is 13.2 Å². The van der Waals surface area contributed by atoms with Gasteiger partial charge in [0, 0.05) is 19.3 Å². The molecule has 2 heteroatoms. The van der Waals surface area contributed by atoms with Gasteiger partial charge in [-0.2, -0.15) is 0 Å². The van der Waals surface area contributed by atoms with Crippen LogP contribution in [-0.4, -0.2) is 20.1 Å². The quantitative estimate of drug-likeness (QED) is 0.741. The Morgan fingerprint density at radius 2 is 1.79 bits per heavy atom. The van der Waals surface area contributed by atoms with Crippen molar-refractivity contribution >= 4 is 5.69 Å². The molecule has 1 aromatic carbocycles. The van der Waals surface area contributed by atoms with Gasteiger partial charge in [-0.3, -0.25) is 0 Å². The summed E-state index contributed by atoms with van der Waals surface area (Å²) in [7, 11) is 2.09. The van der Waals surface area contributed by atoms with Crippen molar-refractivity contribution in [1.29, 1.82) is 0 Å². The molecule has 0 aliphatic rings. The van der Waals surface area contributed by atoms with E-state index in [-0.39, 0.29) is 0 Å². The molecule has 0 aliphatic carbocycles. The van der Waals surface area contributed by atoms with Crippen LogP contribution in [0.2, 0.25) is 0 Å². The van der Waals surface area contributed by atoms with Crippen LogP contribution < -0.4 is 10.6 Å². The van der Waals surface area contributed by atoms with Gasteiger partial charge in [0.25, 0.3) is 0 Å². The molecule has 14 heavy (non-hydrogen) atoms. The van der Waals surface area contributed by atoms with Crippen LogP contribution in [0.1, 0.15) is 6.42 Å². The number of benzene rings is 1. The monoisotopic (exact) mass is 192 g/mol. The van der Waals surface area contributed by atoms with Crippen molar-refractivity contribution < 1.29 is 0 Å². The fraction of sp³-hybridized carbons (Fsp3) is 0.333. The molecule has 0 saturated carbocycles. The maximum atomic E-state index is 5.43. The second-order valence-corrected chi connectivity index (χ2v) is 2.90. The number of nitrogens with two attached hydrogens (primary N) is 1. The second kappa shape index (κ2) is 8.32. The average molecular weight is 192 g/mol. The van der Waals surface area contributed by atoms with Gasteiger partial charge < -0.3 is 10.6 Å². The number of nitrogens with zero attached hydrogens (tertiary/aromatic N) is 1. The summed E-state index contributed by atoms with van der Waals surface area (Å²) in [5.74, 6) is 0. The van der Waals surface area contributed by atoms with Crippen LogP contribution in [0.3, 0.4) is 0 Å². The van der Waals surface area contributed by atoms with E-state index in [0.29, 0.717) is 0 Å². The van der Waals surface area contributed by atoms with E-state index in [1.54, 1.807) is 0 Å². The molecular weight excluding hydrogens is 172 g/mol. The molecule has 1 aromatic rings. The van der Waals surface area contributed by atoms with Gasteiger partial charge in [0.1, 0.15) is 0 Å². The van der Waals surface area contributed by atoms with Crippen molar-refractivity contribution in [2.75, 3.05) is 25.0 Å². The topological polar surface area (TPSA) is 29.3 Å². The average Bonchev–Trinajstić information content (AvgIpc) is 2.30. The molecular formula is C12H20N2. The van der Waals surface area contributed by atoms with Crippen molar-refractivity contribution in [3.63, 3.8) is 0 Å². The smallest absolute Gasteiger partial charge is 0.0363 e. The molecule has 0 atom stereocenters. The predicted molar refractivity (Wildman–Crippen MR) is 64.6 cm³/mol. The number of rotatable bonds is 4. The summed E-state index contributed by atoms with van der Waals surface area (Å²) in [5.41, 5.74) is 6.68. The summed E-state index contributed by atoms with van der Waals surface area (Å²) >= 11 is 0. The highest BCUT2D eigenvalue weighted by molar-refractivity contribution is 5.44. The largest absolute Gasteiger partial charge is 0.375 e. The lowest BCUT2D eigenvalue weighted by atomic mass is 10.3. The van der Waals surface area contributed by atoms with Gasteiger partial charge in [-0.1, -0.05) is 18.2 Å². The molecule has 0 aromatic heterocycles. The predicted octanol–water partition coefficient (Wildman–Crippen LogP) is 2.27. The van der Waals surface area contributed by atoms with Crippen LogP contribution >= 0.6 is 0 Å². The zero-order chi connectivity index (χ0) is 10.8. The van der Waals surface area contributed by atoms with Crippen molar-refractivity contribution in [3.05, 3.63) is 43.5 Å². The van der Waals surface area contributed by atoms with E-state index < -0.39 is 0 Å². The van der Waals surface area contributed by atoms with E-state index in [1.807, 2.05) is 18.2 Å². The molecule has 0 unspecified atom stereocenters. The van der Waals surface area contributed by atoms with Crippen molar-refractivity contribution in [2.24, 2.45) is 5.73 Å². The third-order valence-corrected chi connectivity index (χ3v) is 1.89. The maximum Gasteiger partial charge on any atom is 0.0363 e. The molecule has 0 heterocycles. The lowest BCUT2D eigenvalue weighted by Gasteiger charge is -2.18. The van der Waals surface area contributed by atoms with Gasteiger partial charge in [-0.05, 0) is 25.1 Å². The van der Waals surface area contributed by atoms with E-state index in [1.165, 1.54) is 5.69 Å². The molecule has 0 saturated heterocycles. The minimum Gasteiger partial charge on any atom is -0.375 e. The lowest BCUT2D eigenvalue weighted by molar-refractivity contribution is 0.796. The maximum absolute atomic E-state index is 5.43. The standard InChI is InChI=1S/C10H16N2.C2H4/c1-12(9-5-8-11)10-6-3-2-4-7-10;1-2/h2-4,6-7H,5,8-9,11H2,1H3;1-2H2. The first kappa shape index (κ1) is 12.7. The molecule has 2 nitrogen and oxygen atoms in total. The highest BCUT2D eigenvalue weighted by Gasteiger charge is 1.96. The first-order valence-electron chi connectivity index (χ1n) is 4.81. The normalized spacial score (nSPS) is 8.71. The van der Waals surface area contributed by atoms with Crippen molar-refractivity contribution in [2.45, 2.75) is 6.42 Å². The van der Waals surface area contributed by atoms with Gasteiger partial charge in [0.05, 0.1) is 0 Å². The third-order valence-electron chi connectivity index (χ3n) is 1.89. The molecule has 78 valence electrons. The minimum absolute atomic E-state index is 0.761. The molecule has 0 radical (unpaired) electrons. The zero-order valence-corrected chi connectivity index (χ0v) is 8.95. The Morgan fingerprint density at radius 3 is 2.29 bits per heavy atom. The summed E-state index contributed by atoms with van der Waals surface area (Å²) in [4.78, 5) is 2.22. The Bertz CT molecular complexity index is 221. The number of para-hydroxylation sites is 1. The molecule has 2 N–H and O–H groups in total. The Hall–Kier alpha value is -1.28. The third kappa shape index (κ3) is 4.67. The summed E-state index contributed by atoms with van der Waals surface area (Å²) < 4.78 is 0. The zero-order valence-electron chi connectivity index (χ0n) is 8.95. The van der Waals surface area contributed by atoms with E-state index in [0.717, 1.165) is 19.5 Å². The first-order valence-corrected chi connectivity index (χ1v) is 4.81. The van der Waals surface area contributed by atoms with Gasteiger partial charge >= 0.3 is 0 Å². The van der Waals surface area contributed by atoms with Crippen LogP contribution in [0.4, 0.5) is 5.69 Å². The van der Waals surface area contributed by atoms with Crippen LogP contribution in [0.5, 0.6) is 0 Å². The Labute approximate surface area is 87.0 Å². The van der Waals surface area contributed by atoms with Gasteiger partial charge in [0.15, 0.2) is 0 Å². The summed E-state index contributed by atoms with van der Waals surface area (Å²) in [6.45, 7) is 7.79. The number of anilines is 1. The molecule has 0 bridgehead atoms. The lowest BCUT2D eigenvalue weighted by Crippen LogP contribution is -2.20. The Kier molecular flexibility index (Phi) is 7.56. The Balaban J connectivity index is 0.000000791. The number of hydrogen-bond donors (Lipinski definition) is 1. The van der Waals surface area contributed by atoms with Crippen LogP contribution in [0.15, 0.2) is 43.5 Å². The van der Waals surface area contributed by atoms with Gasteiger partial charge in [-0.25, -0.2) is 0 Å². The first-order chi connectivity index (χ1) is 6.84. The van der Waals surface area contributed by atoms with E-state index in [9.17, 15) is 0 Å². The van der Waals surface area contributed by atoms with Crippen LogP contribution in [-0.2, 0) is 0 Å². The number of hydrogen-bond acceptors (Lipinski definition) is 2. The highest BCUT2D eigenvalue weighted by Crippen LogP contribution is 2.10. The van der Waals surface area contributed by atoms with Crippen molar-refractivity contribution in [1.82, 2.24) is 0 Å². The van der Waals surface area contributed by atoms with E-state index in [4.69, 9.17) is 5.73 Å². The second-order valence-electron chi connectivity index (χ2n) is 2.90. The van der Waals surface area contributed by atoms with Crippen molar-refractivity contribution in [3.8, 4) is 0 Å². The SMILES string of the molecule is C=C.CN(CCCN)c1ccccc1. The molecule has 1 rings (SSSR count). The highest BCUT2D eigenvalue weighted by atomic mass is 15.1. The summed E-state index contributed by atoms with van der Waals surface area (Å²) in [5, 5.41) is 0. The summed E-state index contributed by atoms with van der Waals surface area (Å²) in [6, 6.07) is 10.3. The van der Waals surface area contributed by atoms with E-state index >= 15 is 0 Å². The van der Waals surface area contributed by atoms with E-state index in [2.05, 4.69) is 37.2 Å². The molecule has 0 aliphatic heterocycles. The minimum atomic E-state index is 0.761. The van der Waals surface area contributed by atoms with Crippen LogP contribution in [0.25, 0.3) is 0 Å². The Morgan fingerprint density at radius 1 is 1.21 bits per heavy atom. The fourth-order valence-electron chi connectivity index (χ4n) is 1.14. The fourth-order valence-corrected chi connectivity index (χ4v) is 1.14. The van der Waals surface area contributed by atoms with Crippen LogP contribution in [0, 0.1) is 0 Å².